The molecule has 3 N–H and O–H groups in total. The number of rotatable bonds is 6. The normalized spacial score (nSPS) is 12.7. The van der Waals surface area contributed by atoms with Crippen molar-refractivity contribution in [1.82, 2.24) is 4.57 Å². The first-order valence-corrected chi connectivity index (χ1v) is 13.6. The molecular formula is C28H23NO11S. The Morgan fingerprint density at radius 1 is 0.878 bits per heavy atom. The van der Waals surface area contributed by atoms with Gasteiger partial charge in [-0.15, -0.1) is 0 Å². The summed E-state index contributed by atoms with van der Waals surface area (Å²) >= 11 is 0. The van der Waals surface area contributed by atoms with Crippen molar-refractivity contribution in [3.63, 3.8) is 0 Å². The lowest BCUT2D eigenvalue weighted by Crippen LogP contribution is -2.14. The van der Waals surface area contributed by atoms with Gasteiger partial charge in [-0.1, -0.05) is 6.07 Å². The van der Waals surface area contributed by atoms with Crippen LogP contribution in [0, 0.1) is 0 Å². The summed E-state index contributed by atoms with van der Waals surface area (Å²) in [7, 11) is -0.766. The Bertz CT molecular complexity index is 2060. The van der Waals surface area contributed by atoms with Gasteiger partial charge in [-0.05, 0) is 47.9 Å². The van der Waals surface area contributed by atoms with Crippen LogP contribution in [0.2, 0.25) is 0 Å². The molecule has 5 aromatic rings. The van der Waals surface area contributed by atoms with Gasteiger partial charge in [0.2, 0.25) is 0 Å². The number of aromatic hydroxyl groups is 2. The molecule has 41 heavy (non-hydrogen) atoms. The van der Waals surface area contributed by atoms with Crippen molar-refractivity contribution in [2.24, 2.45) is 0 Å². The van der Waals surface area contributed by atoms with Gasteiger partial charge < -0.3 is 37.6 Å². The van der Waals surface area contributed by atoms with E-state index in [0.717, 1.165) is 11.6 Å². The summed E-state index contributed by atoms with van der Waals surface area (Å²) in [5, 5.41) is 22.0. The number of benzene rings is 3. The van der Waals surface area contributed by atoms with Gasteiger partial charge in [0.1, 0.15) is 11.1 Å². The van der Waals surface area contributed by atoms with Crippen LogP contribution in [0.25, 0.3) is 44.3 Å². The van der Waals surface area contributed by atoms with Crippen LogP contribution >= 0.6 is 0 Å². The summed E-state index contributed by atoms with van der Waals surface area (Å²) in [5.41, 5.74) is 2.68. The summed E-state index contributed by atoms with van der Waals surface area (Å²) in [5.74, 6) is -0.118. The zero-order valence-electron chi connectivity index (χ0n) is 21.9. The molecule has 1 aliphatic heterocycles. The molecule has 0 unspecified atom stereocenters. The fourth-order valence-electron chi connectivity index (χ4n) is 5.47. The molecule has 2 aromatic heterocycles. The average Bonchev–Trinajstić information content (AvgIpc) is 3.28. The minimum atomic E-state index is -4.92. The summed E-state index contributed by atoms with van der Waals surface area (Å²) < 4.78 is 60.2. The van der Waals surface area contributed by atoms with Crippen LogP contribution in [0.5, 0.6) is 34.5 Å². The molecule has 0 amide bonds. The van der Waals surface area contributed by atoms with E-state index in [1.54, 1.807) is 24.3 Å². The van der Waals surface area contributed by atoms with E-state index < -0.39 is 16.0 Å². The van der Waals surface area contributed by atoms with Crippen molar-refractivity contribution in [2.45, 2.75) is 13.0 Å². The summed E-state index contributed by atoms with van der Waals surface area (Å²) in [4.78, 5) is 13.6. The third kappa shape index (κ3) is 4.17. The number of nitrogens with zero attached hydrogens (tertiary/aromatic N) is 1. The van der Waals surface area contributed by atoms with Crippen molar-refractivity contribution in [2.75, 3.05) is 21.3 Å². The Hall–Kier alpha value is -4.88. The lowest BCUT2D eigenvalue weighted by atomic mass is 9.91. The Morgan fingerprint density at radius 3 is 2.24 bits per heavy atom. The van der Waals surface area contributed by atoms with E-state index in [4.69, 9.17) is 18.6 Å². The van der Waals surface area contributed by atoms with Crippen LogP contribution in [-0.2, 0) is 23.4 Å². The predicted molar refractivity (Wildman–Crippen MR) is 148 cm³/mol. The van der Waals surface area contributed by atoms with Crippen LogP contribution in [0.4, 0.5) is 0 Å². The first-order chi connectivity index (χ1) is 19.5. The number of methoxy groups -OCH3 is 3. The number of hydrogen-bond donors (Lipinski definition) is 3. The molecule has 3 aromatic carbocycles. The van der Waals surface area contributed by atoms with Crippen LogP contribution in [0.3, 0.4) is 0 Å². The number of aryl methyl sites for hydroxylation is 2. The second kappa shape index (κ2) is 9.35. The highest BCUT2D eigenvalue weighted by Gasteiger charge is 2.31. The molecule has 6 rings (SSSR count). The fourth-order valence-corrected chi connectivity index (χ4v) is 5.82. The van der Waals surface area contributed by atoms with E-state index in [2.05, 4.69) is 4.18 Å². The number of aromatic nitrogens is 1. The van der Waals surface area contributed by atoms with Gasteiger partial charge in [0, 0.05) is 34.5 Å². The summed E-state index contributed by atoms with van der Waals surface area (Å²) in [6.45, 7) is 0.365. The van der Waals surface area contributed by atoms with E-state index in [9.17, 15) is 28.0 Å². The van der Waals surface area contributed by atoms with E-state index in [1.165, 1.54) is 33.5 Å². The van der Waals surface area contributed by atoms with Gasteiger partial charge >= 0.3 is 16.0 Å². The van der Waals surface area contributed by atoms with E-state index in [1.807, 2.05) is 4.57 Å². The molecule has 0 atom stereocenters. The maximum absolute atomic E-state index is 13.6. The van der Waals surface area contributed by atoms with Crippen molar-refractivity contribution >= 4 is 32.3 Å². The highest BCUT2D eigenvalue weighted by Crippen LogP contribution is 2.49. The van der Waals surface area contributed by atoms with Gasteiger partial charge in [0.15, 0.2) is 34.5 Å². The third-order valence-corrected chi connectivity index (χ3v) is 7.51. The molecule has 0 aliphatic carbocycles. The standard InChI is InChI=1S/C28H23NO11S/c1-36-19-5-4-14(9-17(19)30)24-25-16-11-22(38-3)23(40-41(33,34)35)12-20(16)39-28(32)27(25)29-7-6-13-8-18(31)21(37-2)10-15(13)26(24)29/h4-5,8-12,30-31H,6-7H2,1-3H3,(H,33,34,35). The van der Waals surface area contributed by atoms with Gasteiger partial charge in [-0.2, -0.15) is 8.42 Å². The monoisotopic (exact) mass is 581 g/mol. The van der Waals surface area contributed by atoms with Crippen molar-refractivity contribution in [3.8, 4) is 56.9 Å². The van der Waals surface area contributed by atoms with Crippen LogP contribution in [-0.4, -0.2) is 49.1 Å². The number of phenolic OH excluding ortho intramolecular Hbond substituents is 2. The number of phenols is 2. The largest absolute Gasteiger partial charge is 0.504 e. The first-order valence-electron chi connectivity index (χ1n) is 12.2. The molecule has 0 saturated heterocycles. The topological polar surface area (TPSA) is 167 Å². The SMILES string of the molecule is COc1ccc(-c2c3n(c4c(=O)oc5cc(OS(=O)(=O)O)c(OC)cc5c24)CCc2cc(O)c(OC)cc2-3)cc1O. The molecular weight excluding hydrogens is 558 g/mol. The van der Waals surface area contributed by atoms with Gasteiger partial charge in [-0.3, -0.25) is 4.55 Å². The zero-order chi connectivity index (χ0) is 29.2. The number of ether oxygens (including phenoxy) is 3. The second-order valence-corrected chi connectivity index (χ2v) is 10.3. The van der Waals surface area contributed by atoms with Crippen LogP contribution in [0.15, 0.2) is 51.7 Å². The lowest BCUT2D eigenvalue weighted by molar-refractivity contribution is 0.360. The Kier molecular flexibility index (Phi) is 6.01. The summed E-state index contributed by atoms with van der Waals surface area (Å²) in [6, 6.07) is 10.7. The van der Waals surface area contributed by atoms with E-state index in [0.29, 0.717) is 46.1 Å². The molecule has 0 spiro atoms. The summed E-state index contributed by atoms with van der Waals surface area (Å²) in [6.07, 6.45) is 0.485. The predicted octanol–water partition coefficient (Wildman–Crippen LogP) is 4.26. The lowest BCUT2D eigenvalue weighted by Gasteiger charge is -2.22. The quantitative estimate of drug-likeness (QED) is 0.194. The van der Waals surface area contributed by atoms with Gasteiger partial charge in [0.05, 0.1) is 27.0 Å². The molecule has 212 valence electrons. The zero-order valence-corrected chi connectivity index (χ0v) is 22.7. The van der Waals surface area contributed by atoms with Crippen LogP contribution < -0.4 is 24.0 Å². The number of fused-ring (bicyclic) bond motifs is 7. The Balaban J connectivity index is 1.80. The van der Waals surface area contributed by atoms with E-state index in [-0.39, 0.29) is 45.6 Å². The first kappa shape index (κ1) is 26.3. The molecule has 0 saturated carbocycles. The molecule has 12 nitrogen and oxygen atoms in total. The fraction of sp³-hybridized carbons (Fsp3) is 0.179. The van der Waals surface area contributed by atoms with Gasteiger partial charge in [0.25, 0.3) is 0 Å². The Labute approximate surface area is 232 Å². The highest BCUT2D eigenvalue weighted by atomic mass is 32.3. The van der Waals surface area contributed by atoms with Crippen molar-refractivity contribution in [3.05, 3.63) is 58.4 Å². The minimum Gasteiger partial charge on any atom is -0.504 e. The molecule has 0 fully saturated rings. The maximum Gasteiger partial charge on any atom is 0.446 e. The highest BCUT2D eigenvalue weighted by molar-refractivity contribution is 7.81. The van der Waals surface area contributed by atoms with Crippen molar-refractivity contribution in [1.29, 1.82) is 0 Å². The molecule has 13 heteroatoms. The van der Waals surface area contributed by atoms with E-state index >= 15 is 0 Å². The molecule has 1 aliphatic rings. The van der Waals surface area contributed by atoms with Crippen molar-refractivity contribution < 1.29 is 46.0 Å². The number of hydrogen-bond acceptors (Lipinski definition) is 10. The minimum absolute atomic E-state index is 0.0273. The smallest absolute Gasteiger partial charge is 0.446 e. The maximum atomic E-state index is 13.6. The van der Waals surface area contributed by atoms with Crippen LogP contribution in [0.1, 0.15) is 5.56 Å². The molecule has 0 radical (unpaired) electrons. The third-order valence-electron chi connectivity index (χ3n) is 7.12. The Morgan fingerprint density at radius 2 is 1.59 bits per heavy atom. The molecule has 0 bridgehead atoms. The molecule has 3 heterocycles. The second-order valence-electron chi connectivity index (χ2n) is 9.32. The average molecular weight is 582 g/mol. The van der Waals surface area contributed by atoms with Gasteiger partial charge in [-0.25, -0.2) is 4.79 Å².